The van der Waals surface area contributed by atoms with Crippen LogP contribution in [0.15, 0.2) is 35.6 Å². The van der Waals surface area contributed by atoms with Gasteiger partial charge in [0.25, 0.3) is 5.92 Å². The lowest BCUT2D eigenvalue weighted by atomic mass is 10.0. The number of hydrogen-bond acceptors (Lipinski definition) is 8. The highest BCUT2D eigenvalue weighted by atomic mass is 19.3. The summed E-state index contributed by atoms with van der Waals surface area (Å²) in [4.78, 5) is 17.0. The fraction of sp³-hybridized carbons (Fsp3) is 0.435. The van der Waals surface area contributed by atoms with E-state index in [-0.39, 0.29) is 24.8 Å². The number of carbonyl (C=O) groups is 1. The maximum atomic E-state index is 14.7. The van der Waals surface area contributed by atoms with E-state index in [0.717, 1.165) is 10.5 Å². The van der Waals surface area contributed by atoms with E-state index in [1.54, 1.807) is 30.5 Å². The second kappa shape index (κ2) is 10.4. The number of amides is 1. The van der Waals surface area contributed by atoms with Crippen molar-refractivity contribution in [2.45, 2.75) is 31.7 Å². The smallest absolute Gasteiger partial charge is 0.285 e. The van der Waals surface area contributed by atoms with Crippen LogP contribution in [0.4, 0.5) is 30.5 Å². The molecule has 1 amide bonds. The van der Waals surface area contributed by atoms with Gasteiger partial charge >= 0.3 is 0 Å². The van der Waals surface area contributed by atoms with Gasteiger partial charge in [0, 0.05) is 31.8 Å². The van der Waals surface area contributed by atoms with Gasteiger partial charge in [-0.05, 0) is 36.6 Å². The Morgan fingerprint density at radius 1 is 1.36 bits per heavy atom. The number of alkyl halides is 3. The highest BCUT2D eigenvalue weighted by Crippen LogP contribution is 2.36. The minimum Gasteiger partial charge on any atom is -0.479 e. The van der Waals surface area contributed by atoms with E-state index >= 15 is 0 Å². The molecule has 0 radical (unpaired) electrons. The Kier molecular flexibility index (Phi) is 7.27. The number of ether oxygens (including phenoxy) is 1. The third-order valence-electron chi connectivity index (χ3n) is 6.07. The molecule has 1 aliphatic heterocycles. The zero-order valence-electron chi connectivity index (χ0n) is 19.9. The molecular weight excluding hydrogens is 477 g/mol. The zero-order valence-corrected chi connectivity index (χ0v) is 19.9. The molecule has 3 heterocycles. The molecule has 1 aliphatic rings. The maximum Gasteiger partial charge on any atom is 0.285 e. The number of carbonyl (C=O) groups excluding carboxylic acids is 1. The second-order valence-electron chi connectivity index (χ2n) is 8.47. The first-order valence-electron chi connectivity index (χ1n) is 11.4. The molecule has 1 atom stereocenters. The molecule has 3 N–H and O–H groups in total. The number of rotatable bonds is 9. The van der Waals surface area contributed by atoms with E-state index in [4.69, 9.17) is 10.3 Å². The molecule has 1 saturated heterocycles. The van der Waals surface area contributed by atoms with E-state index in [0.29, 0.717) is 35.4 Å². The molecule has 0 unspecified atom stereocenters. The number of piperidine rings is 1. The summed E-state index contributed by atoms with van der Waals surface area (Å²) < 4.78 is 48.9. The summed E-state index contributed by atoms with van der Waals surface area (Å²) in [5, 5.41) is 13.7. The lowest BCUT2D eigenvalue weighted by molar-refractivity contribution is -0.140. The first-order valence-corrected chi connectivity index (χ1v) is 11.4. The van der Waals surface area contributed by atoms with Crippen LogP contribution in [0.5, 0.6) is 5.88 Å². The number of fused-ring (bicyclic) bond motifs is 1. The quantitative estimate of drug-likeness (QED) is 0.291. The zero-order chi connectivity index (χ0) is 25.9. The maximum absolute atomic E-state index is 14.7. The Labute approximate surface area is 205 Å². The first kappa shape index (κ1) is 25.2. The molecule has 36 heavy (non-hydrogen) atoms. The predicted octanol–water partition coefficient (Wildman–Crippen LogP) is 4.51. The van der Waals surface area contributed by atoms with Gasteiger partial charge in [0.05, 0.1) is 32.1 Å². The van der Waals surface area contributed by atoms with E-state index in [2.05, 4.69) is 25.8 Å². The minimum atomic E-state index is -3.16. The third-order valence-corrected chi connectivity index (χ3v) is 6.07. The monoisotopic (exact) mass is 504 g/mol. The van der Waals surface area contributed by atoms with E-state index in [1.807, 2.05) is 0 Å². The SMILES string of the molecule is COc1nc(N[C@@H]2CCN(C(C)=O)CC2(F)F)nn2ccc(-c3ccc(N=N)c(NCCCF)c3)c12. The van der Waals surface area contributed by atoms with Crippen molar-refractivity contribution in [3.8, 4) is 17.0 Å². The fourth-order valence-corrected chi connectivity index (χ4v) is 4.20. The number of nitrogens with one attached hydrogen (secondary N) is 3. The second-order valence-corrected chi connectivity index (χ2v) is 8.47. The number of halogens is 3. The van der Waals surface area contributed by atoms with Crippen molar-refractivity contribution >= 4 is 28.7 Å². The fourth-order valence-electron chi connectivity index (χ4n) is 4.20. The number of nitrogens with zero attached hydrogens (tertiary/aromatic N) is 5. The summed E-state index contributed by atoms with van der Waals surface area (Å²) in [5.74, 6) is -3.40. The van der Waals surface area contributed by atoms with Gasteiger partial charge in [0.15, 0.2) is 0 Å². The van der Waals surface area contributed by atoms with Crippen molar-refractivity contribution in [2.24, 2.45) is 5.11 Å². The summed E-state index contributed by atoms with van der Waals surface area (Å²) in [6.07, 6.45) is 2.02. The van der Waals surface area contributed by atoms with Crippen LogP contribution in [0.3, 0.4) is 0 Å². The Hall–Kier alpha value is -3.90. The normalized spacial score (nSPS) is 17.1. The van der Waals surface area contributed by atoms with Crippen LogP contribution >= 0.6 is 0 Å². The molecule has 1 aromatic carbocycles. The van der Waals surface area contributed by atoms with Gasteiger partial charge in [-0.1, -0.05) is 6.07 Å². The highest BCUT2D eigenvalue weighted by molar-refractivity contribution is 5.87. The number of likely N-dealkylation sites (tertiary alicyclic amines) is 1. The lowest BCUT2D eigenvalue weighted by Crippen LogP contribution is -2.55. The average molecular weight is 505 g/mol. The lowest BCUT2D eigenvalue weighted by Gasteiger charge is -2.38. The van der Waals surface area contributed by atoms with Crippen LogP contribution in [-0.4, -0.2) is 70.8 Å². The van der Waals surface area contributed by atoms with Crippen molar-refractivity contribution in [2.75, 3.05) is 44.1 Å². The molecule has 3 aromatic rings. The summed E-state index contributed by atoms with van der Waals surface area (Å²) in [7, 11) is 1.43. The van der Waals surface area contributed by atoms with Crippen molar-refractivity contribution in [3.63, 3.8) is 0 Å². The Morgan fingerprint density at radius 2 is 2.17 bits per heavy atom. The van der Waals surface area contributed by atoms with E-state index < -0.39 is 31.1 Å². The number of aromatic nitrogens is 3. The number of hydrogen-bond donors (Lipinski definition) is 3. The molecule has 13 heteroatoms. The Balaban J connectivity index is 1.64. The Morgan fingerprint density at radius 3 is 2.83 bits per heavy atom. The standard InChI is InChI=1S/C23H27F3N8O2/c1-14(35)33-10-7-19(23(25,26)13-33)29-22-30-21(36-2)20-16(6-11-34(20)32-22)15-4-5-17(31-27)18(12-15)28-9-3-8-24/h4-6,11-12,19,27-28H,3,7-10,13H2,1-2H3,(H,29,32)/t19-/m1/s1. The van der Waals surface area contributed by atoms with Crippen molar-refractivity contribution in [1.82, 2.24) is 19.5 Å². The summed E-state index contributed by atoms with van der Waals surface area (Å²) in [5.41, 5.74) is 10.3. The van der Waals surface area contributed by atoms with Gasteiger partial charge in [-0.15, -0.1) is 5.10 Å². The summed E-state index contributed by atoms with van der Waals surface area (Å²) in [6.45, 7) is 0.730. The number of anilines is 2. The van der Waals surface area contributed by atoms with Gasteiger partial charge in [0.1, 0.15) is 11.2 Å². The van der Waals surface area contributed by atoms with Crippen LogP contribution in [0, 0.1) is 5.53 Å². The largest absolute Gasteiger partial charge is 0.479 e. The molecule has 1 fully saturated rings. The minimum absolute atomic E-state index is 0.0283. The molecular formula is C23H27F3N8O2. The molecule has 0 bridgehead atoms. The molecule has 0 aliphatic carbocycles. The van der Waals surface area contributed by atoms with Gasteiger partial charge in [-0.2, -0.15) is 10.1 Å². The number of benzene rings is 1. The van der Waals surface area contributed by atoms with Crippen LogP contribution in [-0.2, 0) is 4.79 Å². The molecule has 2 aromatic heterocycles. The van der Waals surface area contributed by atoms with Crippen molar-refractivity contribution in [3.05, 3.63) is 30.5 Å². The third kappa shape index (κ3) is 5.04. The van der Waals surface area contributed by atoms with Crippen LogP contribution in [0.25, 0.3) is 16.6 Å². The van der Waals surface area contributed by atoms with Crippen LogP contribution in [0.2, 0.25) is 0 Å². The van der Waals surface area contributed by atoms with Crippen molar-refractivity contribution < 1.29 is 22.7 Å². The highest BCUT2D eigenvalue weighted by Gasteiger charge is 2.45. The molecule has 0 saturated carbocycles. The van der Waals surface area contributed by atoms with Crippen molar-refractivity contribution in [1.29, 1.82) is 5.53 Å². The molecule has 0 spiro atoms. The average Bonchev–Trinajstić information content (AvgIpc) is 3.28. The summed E-state index contributed by atoms with van der Waals surface area (Å²) >= 11 is 0. The van der Waals surface area contributed by atoms with Gasteiger partial charge < -0.3 is 20.3 Å². The first-order chi connectivity index (χ1) is 17.3. The number of methoxy groups -OCH3 is 1. The van der Waals surface area contributed by atoms with Gasteiger partial charge in [-0.3, -0.25) is 9.18 Å². The topological polar surface area (TPSA) is 120 Å². The van der Waals surface area contributed by atoms with E-state index in [1.165, 1.54) is 18.5 Å². The Bertz CT molecular complexity index is 1270. The van der Waals surface area contributed by atoms with Crippen LogP contribution in [0.1, 0.15) is 19.8 Å². The van der Waals surface area contributed by atoms with Gasteiger partial charge in [-0.25, -0.2) is 18.8 Å². The van der Waals surface area contributed by atoms with Crippen LogP contribution < -0.4 is 15.4 Å². The molecule has 10 nitrogen and oxygen atoms in total. The predicted molar refractivity (Wildman–Crippen MR) is 128 cm³/mol. The molecule has 192 valence electrons. The van der Waals surface area contributed by atoms with Gasteiger partial charge in [0.2, 0.25) is 17.7 Å². The molecule has 4 rings (SSSR count). The summed E-state index contributed by atoms with van der Waals surface area (Å²) in [6, 6.07) is 5.77. The van der Waals surface area contributed by atoms with E-state index in [9.17, 15) is 18.0 Å².